The van der Waals surface area contributed by atoms with E-state index in [1.54, 1.807) is 36.4 Å². The van der Waals surface area contributed by atoms with Crippen LogP contribution in [0.15, 0.2) is 48.5 Å². The van der Waals surface area contributed by atoms with Crippen molar-refractivity contribution in [2.24, 2.45) is 0 Å². The van der Waals surface area contributed by atoms with Gasteiger partial charge in [0.05, 0.1) is 6.26 Å². The standard InChI is InChI=1S/C15H16ClN3O3S/c1-23(21,22)19-14-8-6-13(7-9-14)18-15(20)17-10-11-2-4-12(16)5-3-11/h2-9,19H,10H2,1H3,(H2,17,18,20). The molecule has 8 heteroatoms. The van der Waals surface area contributed by atoms with Gasteiger partial charge in [-0.25, -0.2) is 13.2 Å². The molecule has 0 heterocycles. The van der Waals surface area contributed by atoms with Crippen molar-refractivity contribution >= 4 is 39.0 Å². The molecule has 0 unspecified atom stereocenters. The zero-order chi connectivity index (χ0) is 16.9. The van der Waals surface area contributed by atoms with E-state index in [-0.39, 0.29) is 6.03 Å². The molecule has 0 saturated heterocycles. The van der Waals surface area contributed by atoms with Crippen LogP contribution in [0, 0.1) is 0 Å². The maximum Gasteiger partial charge on any atom is 0.319 e. The second-order valence-electron chi connectivity index (χ2n) is 4.89. The third kappa shape index (κ3) is 6.17. The minimum Gasteiger partial charge on any atom is -0.334 e. The van der Waals surface area contributed by atoms with Crippen molar-refractivity contribution < 1.29 is 13.2 Å². The second kappa shape index (κ2) is 7.34. The van der Waals surface area contributed by atoms with Gasteiger partial charge in [-0.3, -0.25) is 4.72 Å². The van der Waals surface area contributed by atoms with Crippen LogP contribution >= 0.6 is 11.6 Å². The molecule has 2 aromatic carbocycles. The lowest BCUT2D eigenvalue weighted by Crippen LogP contribution is -2.28. The van der Waals surface area contributed by atoms with E-state index in [2.05, 4.69) is 15.4 Å². The molecule has 6 nitrogen and oxygen atoms in total. The smallest absolute Gasteiger partial charge is 0.319 e. The third-order valence-electron chi connectivity index (χ3n) is 2.81. The number of amides is 2. The highest BCUT2D eigenvalue weighted by molar-refractivity contribution is 7.92. The number of carbonyl (C=O) groups excluding carboxylic acids is 1. The quantitative estimate of drug-likeness (QED) is 0.772. The Kier molecular flexibility index (Phi) is 5.46. The molecule has 0 aliphatic heterocycles. The molecule has 2 rings (SSSR count). The molecular formula is C15H16ClN3O3S. The highest BCUT2D eigenvalue weighted by atomic mass is 35.5. The predicted molar refractivity (Wildman–Crippen MR) is 92.2 cm³/mol. The SMILES string of the molecule is CS(=O)(=O)Nc1ccc(NC(=O)NCc2ccc(Cl)cc2)cc1. The van der Waals surface area contributed by atoms with Crippen molar-refractivity contribution in [3.05, 3.63) is 59.1 Å². The van der Waals surface area contributed by atoms with Crippen LogP contribution in [-0.2, 0) is 16.6 Å². The Morgan fingerprint density at radius 1 is 1.00 bits per heavy atom. The van der Waals surface area contributed by atoms with Crippen LogP contribution in [-0.4, -0.2) is 20.7 Å². The lowest BCUT2D eigenvalue weighted by molar-refractivity contribution is 0.251. The number of sulfonamides is 1. The Balaban J connectivity index is 1.86. The highest BCUT2D eigenvalue weighted by Crippen LogP contribution is 2.14. The zero-order valence-electron chi connectivity index (χ0n) is 12.3. The number of hydrogen-bond donors (Lipinski definition) is 3. The maximum atomic E-state index is 11.8. The number of nitrogens with one attached hydrogen (secondary N) is 3. The molecule has 0 spiro atoms. The van der Waals surface area contributed by atoms with Crippen LogP contribution in [0.5, 0.6) is 0 Å². The van der Waals surface area contributed by atoms with E-state index < -0.39 is 10.0 Å². The summed E-state index contributed by atoms with van der Waals surface area (Å²) in [4.78, 5) is 11.8. The van der Waals surface area contributed by atoms with Gasteiger partial charge in [0.2, 0.25) is 10.0 Å². The van der Waals surface area contributed by atoms with Gasteiger partial charge in [-0.05, 0) is 42.0 Å². The van der Waals surface area contributed by atoms with Gasteiger partial charge in [-0.15, -0.1) is 0 Å². The number of rotatable bonds is 5. The number of carbonyl (C=O) groups is 1. The Hall–Kier alpha value is -2.25. The van der Waals surface area contributed by atoms with Crippen molar-refractivity contribution in [3.8, 4) is 0 Å². The molecule has 0 fully saturated rings. The Labute approximate surface area is 139 Å². The number of halogens is 1. The van der Waals surface area contributed by atoms with E-state index in [4.69, 9.17) is 11.6 Å². The number of urea groups is 1. The molecule has 122 valence electrons. The zero-order valence-corrected chi connectivity index (χ0v) is 13.9. The largest absolute Gasteiger partial charge is 0.334 e. The van der Waals surface area contributed by atoms with Crippen LogP contribution in [0.25, 0.3) is 0 Å². The number of anilines is 2. The van der Waals surface area contributed by atoms with Crippen LogP contribution < -0.4 is 15.4 Å². The summed E-state index contributed by atoms with van der Waals surface area (Å²) in [5.41, 5.74) is 1.91. The van der Waals surface area contributed by atoms with Crippen molar-refractivity contribution in [2.75, 3.05) is 16.3 Å². The average molecular weight is 354 g/mol. The normalized spacial score (nSPS) is 10.9. The summed E-state index contributed by atoms with van der Waals surface area (Å²) in [6.07, 6.45) is 1.07. The molecule has 3 N–H and O–H groups in total. The van der Waals surface area contributed by atoms with Gasteiger partial charge < -0.3 is 10.6 Å². The molecule has 0 atom stereocenters. The van der Waals surface area contributed by atoms with Gasteiger partial charge in [-0.1, -0.05) is 23.7 Å². The van der Waals surface area contributed by atoms with E-state index in [1.165, 1.54) is 0 Å². The molecule has 2 aromatic rings. The molecule has 0 aliphatic rings. The Bertz CT molecular complexity index is 775. The van der Waals surface area contributed by atoms with E-state index in [0.717, 1.165) is 11.8 Å². The van der Waals surface area contributed by atoms with Gasteiger partial charge in [0.25, 0.3) is 0 Å². The lowest BCUT2D eigenvalue weighted by Gasteiger charge is -2.09. The molecule has 0 bridgehead atoms. The van der Waals surface area contributed by atoms with Crippen LogP contribution in [0.3, 0.4) is 0 Å². The summed E-state index contributed by atoms with van der Waals surface area (Å²) in [6, 6.07) is 13.1. The summed E-state index contributed by atoms with van der Waals surface area (Å²) >= 11 is 5.79. The van der Waals surface area contributed by atoms with Crippen molar-refractivity contribution in [2.45, 2.75) is 6.54 Å². The monoisotopic (exact) mass is 353 g/mol. The minimum atomic E-state index is -3.31. The first-order valence-electron chi connectivity index (χ1n) is 6.69. The molecule has 0 aliphatic carbocycles. The van der Waals surface area contributed by atoms with Crippen LogP contribution in [0.4, 0.5) is 16.2 Å². The molecule has 2 amide bonds. The Morgan fingerprint density at radius 2 is 1.57 bits per heavy atom. The van der Waals surface area contributed by atoms with E-state index in [1.807, 2.05) is 12.1 Å². The number of benzene rings is 2. The lowest BCUT2D eigenvalue weighted by atomic mass is 10.2. The first-order valence-corrected chi connectivity index (χ1v) is 8.96. The van der Waals surface area contributed by atoms with Crippen molar-refractivity contribution in [3.63, 3.8) is 0 Å². The molecule has 0 radical (unpaired) electrons. The minimum absolute atomic E-state index is 0.358. The van der Waals surface area contributed by atoms with Gasteiger partial charge in [-0.2, -0.15) is 0 Å². The van der Waals surface area contributed by atoms with Crippen molar-refractivity contribution in [1.82, 2.24) is 5.32 Å². The van der Waals surface area contributed by atoms with Crippen LogP contribution in [0.1, 0.15) is 5.56 Å². The summed E-state index contributed by atoms with van der Waals surface area (Å²) in [5, 5.41) is 6.02. The van der Waals surface area contributed by atoms with E-state index in [0.29, 0.717) is 22.9 Å². The fourth-order valence-electron chi connectivity index (χ4n) is 1.80. The third-order valence-corrected chi connectivity index (χ3v) is 3.67. The fraction of sp³-hybridized carbons (Fsp3) is 0.133. The summed E-state index contributed by atoms with van der Waals surface area (Å²) in [5.74, 6) is 0. The first-order chi connectivity index (χ1) is 10.8. The number of hydrogen-bond acceptors (Lipinski definition) is 3. The molecule has 23 heavy (non-hydrogen) atoms. The average Bonchev–Trinajstić information content (AvgIpc) is 2.47. The van der Waals surface area contributed by atoms with Gasteiger partial charge >= 0.3 is 6.03 Å². The topological polar surface area (TPSA) is 87.3 Å². The van der Waals surface area contributed by atoms with Crippen molar-refractivity contribution in [1.29, 1.82) is 0 Å². The van der Waals surface area contributed by atoms with E-state index >= 15 is 0 Å². The summed E-state index contributed by atoms with van der Waals surface area (Å²) in [7, 11) is -3.31. The molecule has 0 saturated carbocycles. The molecule has 0 aromatic heterocycles. The van der Waals surface area contributed by atoms with Gasteiger partial charge in [0.15, 0.2) is 0 Å². The second-order valence-corrected chi connectivity index (χ2v) is 7.07. The Morgan fingerprint density at radius 3 is 2.13 bits per heavy atom. The van der Waals surface area contributed by atoms with E-state index in [9.17, 15) is 13.2 Å². The first kappa shape index (κ1) is 17.1. The maximum absolute atomic E-state index is 11.8. The predicted octanol–water partition coefficient (Wildman–Crippen LogP) is 3.03. The van der Waals surface area contributed by atoms with Crippen LogP contribution in [0.2, 0.25) is 5.02 Å². The fourth-order valence-corrected chi connectivity index (χ4v) is 2.49. The summed E-state index contributed by atoms with van der Waals surface area (Å²) in [6.45, 7) is 0.372. The molecular weight excluding hydrogens is 338 g/mol. The van der Waals surface area contributed by atoms with Gasteiger partial charge in [0, 0.05) is 22.9 Å². The summed E-state index contributed by atoms with van der Waals surface area (Å²) < 4.78 is 24.6. The van der Waals surface area contributed by atoms with Gasteiger partial charge in [0.1, 0.15) is 0 Å². The highest BCUT2D eigenvalue weighted by Gasteiger charge is 2.04.